The molecule has 3 rings (SSSR count). The van der Waals surface area contributed by atoms with Crippen molar-refractivity contribution in [3.8, 4) is 5.75 Å². The fourth-order valence-electron chi connectivity index (χ4n) is 2.28. The summed E-state index contributed by atoms with van der Waals surface area (Å²) in [5.41, 5.74) is 1.91. The highest BCUT2D eigenvalue weighted by Crippen LogP contribution is 2.20. The average Bonchev–Trinajstić information content (AvgIpc) is 2.61. The Balaban J connectivity index is 1.60. The van der Waals surface area contributed by atoms with Crippen molar-refractivity contribution < 1.29 is 4.74 Å². The van der Waals surface area contributed by atoms with Crippen LogP contribution in [-0.2, 0) is 6.61 Å². The second-order valence-corrected chi connectivity index (χ2v) is 6.96. The number of ether oxygens (including phenoxy) is 1. The van der Waals surface area contributed by atoms with E-state index < -0.39 is 0 Å². The number of hydrogen-bond acceptors (Lipinski definition) is 6. The van der Waals surface area contributed by atoms with Crippen molar-refractivity contribution in [3.05, 3.63) is 66.4 Å². The summed E-state index contributed by atoms with van der Waals surface area (Å²) in [4.78, 5) is 4.42. The summed E-state index contributed by atoms with van der Waals surface area (Å²) < 4.78 is 5.80. The molecule has 2 aromatic carbocycles. The molecule has 2 N–H and O–H groups in total. The molecule has 0 aliphatic heterocycles. The molecule has 0 spiro atoms. The van der Waals surface area contributed by atoms with Crippen molar-refractivity contribution in [2.24, 2.45) is 0 Å². The predicted octanol–water partition coefficient (Wildman–Crippen LogP) is 4.40. The Kier molecular flexibility index (Phi) is 5.31. The first-order valence-corrected chi connectivity index (χ1v) is 8.50. The van der Waals surface area contributed by atoms with E-state index in [9.17, 15) is 0 Å². The van der Waals surface area contributed by atoms with E-state index in [1.54, 1.807) is 6.20 Å². The van der Waals surface area contributed by atoms with E-state index in [-0.39, 0.29) is 5.54 Å². The van der Waals surface area contributed by atoms with E-state index in [4.69, 9.17) is 4.74 Å². The largest absolute Gasteiger partial charge is 0.489 e. The van der Waals surface area contributed by atoms with Crippen LogP contribution in [0.3, 0.4) is 0 Å². The zero-order valence-electron chi connectivity index (χ0n) is 15.2. The third-order valence-electron chi connectivity index (χ3n) is 3.42. The van der Waals surface area contributed by atoms with Crippen LogP contribution in [0.2, 0.25) is 0 Å². The van der Waals surface area contributed by atoms with Gasteiger partial charge in [0.25, 0.3) is 0 Å². The topological polar surface area (TPSA) is 72.0 Å². The fourth-order valence-corrected chi connectivity index (χ4v) is 2.28. The van der Waals surface area contributed by atoms with E-state index in [1.807, 2.05) is 75.4 Å². The van der Waals surface area contributed by atoms with Gasteiger partial charge in [-0.05, 0) is 50.6 Å². The Morgan fingerprint density at radius 1 is 0.962 bits per heavy atom. The summed E-state index contributed by atoms with van der Waals surface area (Å²) in [6.07, 6.45) is 1.59. The second kappa shape index (κ2) is 7.82. The molecule has 0 aliphatic carbocycles. The van der Waals surface area contributed by atoms with E-state index in [0.717, 1.165) is 17.0 Å². The van der Waals surface area contributed by atoms with E-state index in [1.165, 1.54) is 0 Å². The minimum Gasteiger partial charge on any atom is -0.489 e. The van der Waals surface area contributed by atoms with Crippen LogP contribution in [0.4, 0.5) is 17.5 Å². The minimum atomic E-state index is -0.127. The first kappa shape index (κ1) is 17.7. The Morgan fingerprint density at radius 3 is 2.38 bits per heavy atom. The first-order valence-electron chi connectivity index (χ1n) is 8.50. The highest BCUT2D eigenvalue weighted by Gasteiger charge is 2.12. The van der Waals surface area contributed by atoms with Crippen molar-refractivity contribution in [1.82, 2.24) is 15.2 Å². The molecule has 0 bridgehead atoms. The molecule has 1 heterocycles. The molecular weight excluding hydrogens is 326 g/mol. The Hall–Kier alpha value is -3.15. The van der Waals surface area contributed by atoms with Crippen molar-refractivity contribution in [2.75, 3.05) is 10.6 Å². The highest BCUT2D eigenvalue weighted by atomic mass is 16.5. The van der Waals surface area contributed by atoms with Gasteiger partial charge in [-0.25, -0.2) is 0 Å². The molecular formula is C20H23N5O. The second-order valence-electron chi connectivity index (χ2n) is 6.96. The van der Waals surface area contributed by atoms with Crippen LogP contribution in [0.5, 0.6) is 5.75 Å². The van der Waals surface area contributed by atoms with Crippen molar-refractivity contribution in [3.63, 3.8) is 0 Å². The summed E-state index contributed by atoms with van der Waals surface area (Å²) in [5, 5.41) is 14.4. The number of nitrogens with one attached hydrogen (secondary N) is 2. The summed E-state index contributed by atoms with van der Waals surface area (Å²) in [7, 11) is 0. The van der Waals surface area contributed by atoms with Crippen molar-refractivity contribution >= 4 is 17.5 Å². The third-order valence-corrected chi connectivity index (χ3v) is 3.42. The number of hydrogen-bond donors (Lipinski definition) is 2. The molecule has 0 amide bonds. The molecule has 0 saturated heterocycles. The maximum Gasteiger partial charge on any atom is 0.245 e. The van der Waals surface area contributed by atoms with Crippen LogP contribution in [0, 0.1) is 0 Å². The van der Waals surface area contributed by atoms with Gasteiger partial charge in [0.1, 0.15) is 12.4 Å². The fraction of sp³-hybridized carbons (Fsp3) is 0.250. The monoisotopic (exact) mass is 349 g/mol. The van der Waals surface area contributed by atoms with Crippen molar-refractivity contribution in [2.45, 2.75) is 32.9 Å². The normalized spacial score (nSPS) is 11.0. The maximum absolute atomic E-state index is 5.80. The lowest BCUT2D eigenvalue weighted by Gasteiger charge is -2.20. The molecule has 134 valence electrons. The van der Waals surface area contributed by atoms with Crippen LogP contribution >= 0.6 is 0 Å². The summed E-state index contributed by atoms with van der Waals surface area (Å²) in [6.45, 7) is 6.69. The van der Waals surface area contributed by atoms with Crippen LogP contribution < -0.4 is 15.4 Å². The zero-order valence-corrected chi connectivity index (χ0v) is 15.2. The lowest BCUT2D eigenvalue weighted by molar-refractivity contribution is 0.306. The molecule has 1 aromatic heterocycles. The standard InChI is InChI=1S/C20H23N5O/c1-20(2,3)24-19-23-18(13-21-25-19)22-16-9-11-17(12-10-16)26-14-15-7-5-4-6-8-15/h4-13H,14H2,1-3H3,(H2,22,23,24,25). The van der Waals surface area contributed by atoms with Gasteiger partial charge in [-0.15, -0.1) is 5.10 Å². The number of anilines is 3. The molecule has 0 saturated carbocycles. The molecule has 0 fully saturated rings. The van der Waals surface area contributed by atoms with Gasteiger partial charge in [-0.1, -0.05) is 30.3 Å². The first-order chi connectivity index (χ1) is 12.5. The number of aromatic nitrogens is 3. The van der Waals surface area contributed by atoms with Gasteiger partial charge < -0.3 is 15.4 Å². The Morgan fingerprint density at radius 2 is 1.69 bits per heavy atom. The van der Waals surface area contributed by atoms with Gasteiger partial charge in [0.2, 0.25) is 5.95 Å². The zero-order chi connectivity index (χ0) is 18.4. The van der Waals surface area contributed by atoms with Crippen LogP contribution in [0.1, 0.15) is 26.3 Å². The van der Waals surface area contributed by atoms with E-state index in [2.05, 4.69) is 25.8 Å². The van der Waals surface area contributed by atoms with Crippen molar-refractivity contribution in [1.29, 1.82) is 0 Å². The van der Waals surface area contributed by atoms with Gasteiger partial charge in [0.05, 0.1) is 6.20 Å². The Labute approximate surface area is 153 Å². The van der Waals surface area contributed by atoms with Gasteiger partial charge in [-0.3, -0.25) is 0 Å². The van der Waals surface area contributed by atoms with Crippen LogP contribution in [-0.4, -0.2) is 20.7 Å². The van der Waals surface area contributed by atoms with Gasteiger partial charge >= 0.3 is 0 Å². The highest BCUT2D eigenvalue weighted by molar-refractivity contribution is 5.57. The molecule has 26 heavy (non-hydrogen) atoms. The van der Waals surface area contributed by atoms with Gasteiger partial charge in [0, 0.05) is 11.2 Å². The minimum absolute atomic E-state index is 0.127. The van der Waals surface area contributed by atoms with E-state index in [0.29, 0.717) is 18.4 Å². The quantitative estimate of drug-likeness (QED) is 0.687. The SMILES string of the molecule is CC(C)(C)Nc1nncc(Nc2ccc(OCc3ccccc3)cc2)n1. The summed E-state index contributed by atoms with van der Waals surface area (Å²) in [6, 6.07) is 17.8. The molecule has 6 heteroatoms. The smallest absolute Gasteiger partial charge is 0.245 e. The molecule has 6 nitrogen and oxygen atoms in total. The molecule has 0 aliphatic rings. The molecule has 3 aromatic rings. The lowest BCUT2D eigenvalue weighted by atomic mass is 10.1. The third kappa shape index (κ3) is 5.44. The summed E-state index contributed by atoms with van der Waals surface area (Å²) >= 11 is 0. The average molecular weight is 349 g/mol. The molecule has 0 radical (unpaired) electrons. The predicted molar refractivity (Wildman–Crippen MR) is 104 cm³/mol. The van der Waals surface area contributed by atoms with E-state index >= 15 is 0 Å². The number of rotatable bonds is 6. The van der Waals surface area contributed by atoms with Crippen LogP contribution in [0.25, 0.3) is 0 Å². The number of nitrogens with zero attached hydrogens (tertiary/aromatic N) is 3. The molecule has 0 atom stereocenters. The summed E-state index contributed by atoms with van der Waals surface area (Å²) in [5.74, 6) is 1.94. The van der Waals surface area contributed by atoms with Gasteiger partial charge in [0.15, 0.2) is 5.82 Å². The van der Waals surface area contributed by atoms with Crippen LogP contribution in [0.15, 0.2) is 60.8 Å². The Bertz CT molecular complexity index is 829. The van der Waals surface area contributed by atoms with Gasteiger partial charge in [-0.2, -0.15) is 10.1 Å². The molecule has 0 unspecified atom stereocenters. The maximum atomic E-state index is 5.80. The lowest BCUT2D eigenvalue weighted by Crippen LogP contribution is -2.27. The number of benzene rings is 2.